The Morgan fingerprint density at radius 3 is 2.77 bits per heavy atom. The van der Waals surface area contributed by atoms with Gasteiger partial charge in [0.1, 0.15) is 5.52 Å². The molecule has 1 heterocycles. The van der Waals surface area contributed by atoms with Crippen LogP contribution in [0.5, 0.6) is 0 Å². The van der Waals surface area contributed by atoms with Crippen LogP contribution in [0.1, 0.15) is 5.56 Å². The van der Waals surface area contributed by atoms with Crippen LogP contribution in [-0.2, 0) is 6.18 Å². The molecule has 1 aromatic heterocycles. The molecule has 13 heavy (non-hydrogen) atoms. The monoisotopic (exact) mass is 186 g/mol. The molecule has 2 nitrogen and oxygen atoms in total. The predicted molar refractivity (Wildman–Crippen MR) is 37.8 cm³/mol. The van der Waals surface area contributed by atoms with Crippen LogP contribution in [0.2, 0.25) is 0 Å². The molecule has 5 heteroatoms. The summed E-state index contributed by atoms with van der Waals surface area (Å²) in [5.74, 6) is 0. The van der Waals surface area contributed by atoms with Crippen molar-refractivity contribution >= 4 is 11.1 Å². The topological polar surface area (TPSA) is 26.0 Å². The molecule has 0 bridgehead atoms. The number of nitrogens with zero attached hydrogens (tertiary/aromatic N) is 1. The van der Waals surface area contributed by atoms with Crippen LogP contribution >= 0.6 is 0 Å². The van der Waals surface area contributed by atoms with Crippen molar-refractivity contribution in [3.05, 3.63) is 30.2 Å². The lowest BCUT2D eigenvalue weighted by molar-refractivity contribution is -0.136. The fourth-order valence-electron chi connectivity index (χ4n) is 1.07. The summed E-state index contributed by atoms with van der Waals surface area (Å²) in [6.07, 6.45) is -2.37. The summed E-state index contributed by atoms with van der Waals surface area (Å²) in [4.78, 5) is 3.37. The summed E-state index contributed by atoms with van der Waals surface area (Å²) in [7, 11) is 0. The number of alkyl halides is 3. The van der Waals surface area contributed by atoms with E-state index in [2.05, 4.69) is 9.40 Å². The van der Waals surface area contributed by atoms with E-state index in [0.29, 0.717) is 0 Å². The van der Waals surface area contributed by atoms with Gasteiger partial charge < -0.3 is 4.42 Å². The van der Waals surface area contributed by atoms with Crippen molar-refractivity contribution in [1.29, 1.82) is 0 Å². The van der Waals surface area contributed by atoms with Crippen molar-refractivity contribution in [2.75, 3.05) is 0 Å². The number of oxazole rings is 1. The number of rotatable bonds is 0. The highest BCUT2D eigenvalue weighted by atomic mass is 19.4. The van der Waals surface area contributed by atoms with Gasteiger partial charge in [0.2, 0.25) is 0 Å². The number of hydrogen-bond donors (Lipinski definition) is 0. The van der Waals surface area contributed by atoms with Crippen LogP contribution in [0, 0.1) is 6.39 Å². The van der Waals surface area contributed by atoms with Crippen LogP contribution in [-0.4, -0.2) is 4.98 Å². The Balaban J connectivity index is 2.75. The lowest BCUT2D eigenvalue weighted by Gasteiger charge is -2.05. The van der Waals surface area contributed by atoms with Gasteiger partial charge >= 0.3 is 6.18 Å². The van der Waals surface area contributed by atoms with Crippen molar-refractivity contribution < 1.29 is 17.6 Å². The van der Waals surface area contributed by atoms with Crippen LogP contribution in [0.3, 0.4) is 0 Å². The predicted octanol–water partition coefficient (Wildman–Crippen LogP) is 2.65. The lowest BCUT2D eigenvalue weighted by Crippen LogP contribution is -2.05. The summed E-state index contributed by atoms with van der Waals surface area (Å²) in [6, 6.07) is 3.64. The molecule has 1 aromatic carbocycles. The standard InChI is InChI=1S/C8H3F3NO/c9-8(10,11)5-2-1-3-6-7(5)12-4-13-6/h1-3H. The van der Waals surface area contributed by atoms with Crippen LogP contribution in [0.25, 0.3) is 11.1 Å². The fraction of sp³-hybridized carbons (Fsp3) is 0.125. The van der Waals surface area contributed by atoms with E-state index >= 15 is 0 Å². The Kier molecular flexibility index (Phi) is 1.55. The molecule has 0 saturated heterocycles. The Labute approximate surface area is 71.0 Å². The van der Waals surface area contributed by atoms with Gasteiger partial charge in [-0.15, -0.1) is 0 Å². The second-order valence-electron chi connectivity index (χ2n) is 2.46. The van der Waals surface area contributed by atoms with E-state index in [1.165, 1.54) is 12.1 Å². The molecule has 1 radical (unpaired) electrons. The highest BCUT2D eigenvalue weighted by Crippen LogP contribution is 2.33. The Morgan fingerprint density at radius 1 is 1.31 bits per heavy atom. The summed E-state index contributed by atoms with van der Waals surface area (Å²) >= 11 is 0. The Hall–Kier alpha value is -1.52. The number of benzene rings is 1. The Morgan fingerprint density at radius 2 is 2.08 bits per heavy atom. The second-order valence-corrected chi connectivity index (χ2v) is 2.46. The van der Waals surface area contributed by atoms with E-state index < -0.39 is 11.7 Å². The van der Waals surface area contributed by atoms with E-state index in [9.17, 15) is 13.2 Å². The van der Waals surface area contributed by atoms with Crippen molar-refractivity contribution in [3.8, 4) is 0 Å². The van der Waals surface area contributed by atoms with Gasteiger partial charge in [-0.25, -0.2) is 4.98 Å². The molecule has 67 valence electrons. The fourth-order valence-corrected chi connectivity index (χ4v) is 1.07. The van der Waals surface area contributed by atoms with Gasteiger partial charge in [0.15, 0.2) is 5.58 Å². The number of hydrogen-bond acceptors (Lipinski definition) is 2. The van der Waals surface area contributed by atoms with E-state index in [0.717, 1.165) is 6.07 Å². The molecule has 0 aliphatic carbocycles. The minimum Gasteiger partial charge on any atom is -0.432 e. The largest absolute Gasteiger partial charge is 0.432 e. The van der Waals surface area contributed by atoms with Crippen molar-refractivity contribution in [3.63, 3.8) is 0 Å². The van der Waals surface area contributed by atoms with Gasteiger partial charge in [-0.05, 0) is 12.1 Å². The first-order chi connectivity index (χ1) is 6.09. The molecular formula is C8H3F3NO. The summed E-state index contributed by atoms with van der Waals surface area (Å²) in [5, 5.41) is 0. The number of fused-ring (bicyclic) bond motifs is 1. The van der Waals surface area contributed by atoms with Gasteiger partial charge in [-0.2, -0.15) is 13.2 Å². The molecule has 0 atom stereocenters. The number of halogens is 3. The zero-order chi connectivity index (χ0) is 9.47. The molecule has 0 fully saturated rings. The molecule has 0 amide bonds. The molecule has 2 aromatic rings. The first-order valence-electron chi connectivity index (χ1n) is 3.42. The van der Waals surface area contributed by atoms with Crippen LogP contribution in [0.15, 0.2) is 22.6 Å². The second kappa shape index (κ2) is 2.48. The minimum atomic E-state index is -4.40. The van der Waals surface area contributed by atoms with Gasteiger partial charge in [-0.3, -0.25) is 0 Å². The molecule has 0 spiro atoms. The maximum atomic E-state index is 12.3. The minimum absolute atomic E-state index is 0.0924. The SMILES string of the molecule is FC(F)(F)c1cccc2o[c]nc12. The zero-order valence-corrected chi connectivity index (χ0v) is 6.22. The lowest BCUT2D eigenvalue weighted by atomic mass is 10.2. The maximum Gasteiger partial charge on any atom is 0.418 e. The van der Waals surface area contributed by atoms with Crippen molar-refractivity contribution in [2.24, 2.45) is 0 Å². The third-order valence-electron chi connectivity index (χ3n) is 1.62. The quantitative estimate of drug-likeness (QED) is 0.632. The molecule has 0 aliphatic rings. The molecule has 2 rings (SSSR count). The average molecular weight is 186 g/mol. The van der Waals surface area contributed by atoms with Crippen molar-refractivity contribution in [1.82, 2.24) is 4.98 Å². The summed E-state index contributed by atoms with van der Waals surface area (Å²) in [6.45, 7) is 0. The van der Waals surface area contributed by atoms with Crippen LogP contribution < -0.4 is 0 Å². The molecule has 0 unspecified atom stereocenters. The highest BCUT2D eigenvalue weighted by Gasteiger charge is 2.33. The maximum absolute atomic E-state index is 12.3. The number of aromatic nitrogens is 1. The average Bonchev–Trinajstić information content (AvgIpc) is 2.48. The molecule has 0 saturated carbocycles. The summed E-state index contributed by atoms with van der Waals surface area (Å²) < 4.78 is 41.5. The molecule has 0 N–H and O–H groups in total. The third kappa shape index (κ3) is 1.26. The third-order valence-corrected chi connectivity index (χ3v) is 1.62. The van der Waals surface area contributed by atoms with Gasteiger partial charge in [0.05, 0.1) is 5.56 Å². The van der Waals surface area contributed by atoms with Crippen LogP contribution in [0.4, 0.5) is 13.2 Å². The van der Waals surface area contributed by atoms with E-state index in [-0.39, 0.29) is 11.1 Å². The Bertz CT molecular complexity index is 432. The first kappa shape index (κ1) is 8.10. The van der Waals surface area contributed by atoms with E-state index in [1.807, 2.05) is 6.39 Å². The number of para-hydroxylation sites is 1. The van der Waals surface area contributed by atoms with Gasteiger partial charge in [0, 0.05) is 0 Å². The first-order valence-corrected chi connectivity index (χ1v) is 3.42. The molecule has 0 aliphatic heterocycles. The van der Waals surface area contributed by atoms with Gasteiger partial charge in [-0.1, -0.05) is 6.07 Å². The normalized spacial score (nSPS) is 12.2. The van der Waals surface area contributed by atoms with E-state index in [1.54, 1.807) is 0 Å². The van der Waals surface area contributed by atoms with E-state index in [4.69, 9.17) is 0 Å². The van der Waals surface area contributed by atoms with Crippen molar-refractivity contribution in [2.45, 2.75) is 6.18 Å². The van der Waals surface area contributed by atoms with Gasteiger partial charge in [0.25, 0.3) is 6.39 Å². The zero-order valence-electron chi connectivity index (χ0n) is 6.22. The smallest absolute Gasteiger partial charge is 0.418 e. The summed E-state index contributed by atoms with van der Waals surface area (Å²) in [5.41, 5.74) is -0.903. The highest BCUT2D eigenvalue weighted by molar-refractivity contribution is 5.76. The molecular weight excluding hydrogens is 183 g/mol.